The van der Waals surface area contributed by atoms with Gasteiger partial charge in [0.15, 0.2) is 5.78 Å². The van der Waals surface area contributed by atoms with Crippen LogP contribution in [0.15, 0.2) is 46.3 Å². The number of benzene rings is 1. The Morgan fingerprint density at radius 3 is 2.12 bits per heavy atom. The summed E-state index contributed by atoms with van der Waals surface area (Å²) < 4.78 is 24.4. The highest BCUT2D eigenvalue weighted by molar-refractivity contribution is 7.96. The summed E-state index contributed by atoms with van der Waals surface area (Å²) in [4.78, 5) is 12.9. The zero-order valence-electron chi connectivity index (χ0n) is 10.0. The predicted molar refractivity (Wildman–Crippen MR) is 66.1 cm³/mol. The number of sulfone groups is 1. The van der Waals surface area contributed by atoms with E-state index in [1.807, 2.05) is 0 Å². The normalized spacial score (nSPS) is 12.3. The number of nitrogens with zero attached hydrogens (tertiary/aromatic N) is 1. The van der Waals surface area contributed by atoms with E-state index < -0.39 is 15.6 Å². The average molecular weight is 253 g/mol. The van der Waals surface area contributed by atoms with Gasteiger partial charge in [0.05, 0.1) is 4.90 Å². The molecule has 0 unspecified atom stereocenters. The molecular formula is C12H15NO3S. The van der Waals surface area contributed by atoms with Crippen molar-refractivity contribution < 1.29 is 13.2 Å². The molecule has 0 bridgehead atoms. The number of allylic oxidation sites excluding steroid dienone is 1. The molecule has 0 aliphatic carbocycles. The van der Waals surface area contributed by atoms with Crippen LogP contribution in [0.25, 0.3) is 0 Å². The second-order valence-electron chi connectivity index (χ2n) is 3.83. The van der Waals surface area contributed by atoms with Crippen LogP contribution >= 0.6 is 0 Å². The molecule has 0 radical (unpaired) electrons. The molecule has 0 aliphatic rings. The smallest absolute Gasteiger partial charge is 0.211 e. The van der Waals surface area contributed by atoms with E-state index >= 15 is 0 Å². The number of hydrogen-bond acceptors (Lipinski definition) is 4. The van der Waals surface area contributed by atoms with Crippen molar-refractivity contribution in [1.29, 1.82) is 0 Å². The first kappa shape index (κ1) is 13.4. The van der Waals surface area contributed by atoms with Crippen molar-refractivity contribution in [1.82, 2.24) is 4.90 Å². The molecule has 0 atom stereocenters. The van der Waals surface area contributed by atoms with Crippen molar-refractivity contribution in [3.05, 3.63) is 41.4 Å². The molecule has 0 fully saturated rings. The minimum atomic E-state index is -3.73. The fourth-order valence-corrected chi connectivity index (χ4v) is 2.81. The maximum absolute atomic E-state index is 12.2. The van der Waals surface area contributed by atoms with Gasteiger partial charge in [0.2, 0.25) is 9.84 Å². The van der Waals surface area contributed by atoms with Crippen molar-refractivity contribution in [2.45, 2.75) is 11.8 Å². The van der Waals surface area contributed by atoms with E-state index in [0.29, 0.717) is 0 Å². The molecule has 0 saturated heterocycles. The lowest BCUT2D eigenvalue weighted by Crippen LogP contribution is -2.15. The molecule has 17 heavy (non-hydrogen) atoms. The Morgan fingerprint density at radius 1 is 1.18 bits per heavy atom. The van der Waals surface area contributed by atoms with Gasteiger partial charge in [-0.3, -0.25) is 4.79 Å². The Labute approximate surface area is 101 Å². The highest BCUT2D eigenvalue weighted by atomic mass is 32.2. The van der Waals surface area contributed by atoms with Crippen molar-refractivity contribution in [3.8, 4) is 0 Å². The third-order valence-electron chi connectivity index (χ3n) is 2.07. The van der Waals surface area contributed by atoms with E-state index in [2.05, 4.69) is 0 Å². The molecule has 0 aliphatic heterocycles. The lowest BCUT2D eigenvalue weighted by atomic mass is 10.4. The van der Waals surface area contributed by atoms with Crippen LogP contribution in [0.3, 0.4) is 0 Å². The van der Waals surface area contributed by atoms with Crippen molar-refractivity contribution >= 4 is 15.6 Å². The molecule has 1 aromatic rings. The fraction of sp³-hybridized carbons (Fsp3) is 0.250. The van der Waals surface area contributed by atoms with Crippen LogP contribution in [-0.2, 0) is 14.6 Å². The average Bonchev–Trinajstić information content (AvgIpc) is 2.26. The van der Waals surface area contributed by atoms with E-state index in [-0.39, 0.29) is 9.80 Å². The highest BCUT2D eigenvalue weighted by Crippen LogP contribution is 2.19. The first-order valence-electron chi connectivity index (χ1n) is 5.05. The van der Waals surface area contributed by atoms with Gasteiger partial charge in [0.1, 0.15) is 4.91 Å². The molecule has 92 valence electrons. The summed E-state index contributed by atoms with van der Waals surface area (Å²) in [6.45, 7) is 1.25. The number of ketones is 1. The van der Waals surface area contributed by atoms with Crippen LogP contribution in [0.4, 0.5) is 0 Å². The molecule has 1 rings (SSSR count). The van der Waals surface area contributed by atoms with Crippen LogP contribution in [0.2, 0.25) is 0 Å². The highest BCUT2D eigenvalue weighted by Gasteiger charge is 2.24. The third-order valence-corrected chi connectivity index (χ3v) is 3.93. The summed E-state index contributed by atoms with van der Waals surface area (Å²) in [6, 6.07) is 7.92. The molecule has 0 N–H and O–H groups in total. The van der Waals surface area contributed by atoms with Gasteiger partial charge >= 0.3 is 0 Å². The summed E-state index contributed by atoms with van der Waals surface area (Å²) in [5, 5.41) is 0. The standard InChI is InChI=1S/C12H15NO3S/c1-10(14)12(9-13(2)3)17(15,16)11-7-5-4-6-8-11/h4-9H,1-3H3/b12-9+. The molecule has 0 spiro atoms. The lowest BCUT2D eigenvalue weighted by molar-refractivity contribution is -0.113. The Balaban J connectivity index is 3.34. The number of Topliss-reactive ketones (excluding diaryl/α,β-unsaturated/α-hetero) is 1. The Kier molecular flexibility index (Phi) is 4.07. The van der Waals surface area contributed by atoms with Crippen LogP contribution in [0.1, 0.15) is 6.92 Å². The molecule has 0 aromatic heterocycles. The van der Waals surface area contributed by atoms with Gasteiger partial charge in [-0.05, 0) is 19.1 Å². The minimum absolute atomic E-state index is 0.128. The van der Waals surface area contributed by atoms with E-state index in [0.717, 1.165) is 0 Å². The van der Waals surface area contributed by atoms with Gasteiger partial charge < -0.3 is 4.90 Å². The second-order valence-corrected chi connectivity index (χ2v) is 5.75. The van der Waals surface area contributed by atoms with Gasteiger partial charge in [0, 0.05) is 20.3 Å². The predicted octanol–water partition coefficient (Wildman–Crippen LogP) is 1.45. The Bertz CT molecular complexity index is 530. The molecule has 4 nitrogen and oxygen atoms in total. The monoisotopic (exact) mass is 253 g/mol. The van der Waals surface area contributed by atoms with Crippen molar-refractivity contribution in [2.75, 3.05) is 14.1 Å². The van der Waals surface area contributed by atoms with E-state index in [4.69, 9.17) is 0 Å². The number of hydrogen-bond donors (Lipinski definition) is 0. The molecule has 5 heteroatoms. The summed E-state index contributed by atoms with van der Waals surface area (Å²) in [5.41, 5.74) is 0. The first-order valence-corrected chi connectivity index (χ1v) is 6.53. The molecule has 1 aromatic carbocycles. The Morgan fingerprint density at radius 2 is 1.71 bits per heavy atom. The molecule has 0 heterocycles. The minimum Gasteiger partial charge on any atom is -0.382 e. The van der Waals surface area contributed by atoms with Crippen LogP contribution in [0.5, 0.6) is 0 Å². The van der Waals surface area contributed by atoms with Crippen LogP contribution in [0, 0.1) is 0 Å². The summed E-state index contributed by atoms with van der Waals surface area (Å²) in [5.74, 6) is -0.470. The maximum atomic E-state index is 12.2. The fourth-order valence-electron chi connectivity index (χ4n) is 1.31. The van der Waals surface area contributed by atoms with Gasteiger partial charge in [-0.2, -0.15) is 0 Å². The summed E-state index contributed by atoms with van der Waals surface area (Å²) in [7, 11) is -0.385. The second kappa shape index (κ2) is 5.14. The van der Waals surface area contributed by atoms with Crippen LogP contribution in [-0.4, -0.2) is 33.2 Å². The SMILES string of the molecule is CC(=O)/C(=C\N(C)C)S(=O)(=O)c1ccccc1. The lowest BCUT2D eigenvalue weighted by Gasteiger charge is -2.10. The number of rotatable bonds is 4. The van der Waals surface area contributed by atoms with Gasteiger partial charge in [-0.1, -0.05) is 18.2 Å². The van der Waals surface area contributed by atoms with Crippen molar-refractivity contribution in [3.63, 3.8) is 0 Å². The largest absolute Gasteiger partial charge is 0.382 e. The summed E-state index contributed by atoms with van der Waals surface area (Å²) in [6.07, 6.45) is 1.32. The topological polar surface area (TPSA) is 54.5 Å². The quantitative estimate of drug-likeness (QED) is 0.762. The van der Waals surface area contributed by atoms with Crippen molar-refractivity contribution in [2.24, 2.45) is 0 Å². The third kappa shape index (κ3) is 3.17. The van der Waals surface area contributed by atoms with E-state index in [1.54, 1.807) is 32.3 Å². The maximum Gasteiger partial charge on any atom is 0.211 e. The van der Waals surface area contributed by atoms with Gasteiger partial charge in [-0.25, -0.2) is 8.42 Å². The molecular weight excluding hydrogens is 238 g/mol. The van der Waals surface area contributed by atoms with E-state index in [1.165, 1.54) is 30.2 Å². The number of carbonyl (C=O) groups excluding carboxylic acids is 1. The van der Waals surface area contributed by atoms with Gasteiger partial charge in [-0.15, -0.1) is 0 Å². The number of carbonyl (C=O) groups is 1. The first-order chi connectivity index (χ1) is 7.85. The van der Waals surface area contributed by atoms with Gasteiger partial charge in [0.25, 0.3) is 0 Å². The van der Waals surface area contributed by atoms with E-state index in [9.17, 15) is 13.2 Å². The zero-order valence-corrected chi connectivity index (χ0v) is 10.9. The molecule has 0 saturated carbocycles. The molecule has 0 amide bonds. The van der Waals surface area contributed by atoms with Crippen LogP contribution < -0.4 is 0 Å². The Hall–Kier alpha value is -1.62. The summed E-state index contributed by atoms with van der Waals surface area (Å²) >= 11 is 0. The zero-order chi connectivity index (χ0) is 13.1.